The lowest BCUT2D eigenvalue weighted by molar-refractivity contribution is -0.150. The molecule has 2 fully saturated rings. The third-order valence-corrected chi connectivity index (χ3v) is 5.56. The third-order valence-electron chi connectivity index (χ3n) is 3.94. The van der Waals surface area contributed by atoms with E-state index in [1.807, 2.05) is 20.8 Å². The molecule has 2 saturated heterocycles. The third kappa shape index (κ3) is 2.74. The number of carboxylic acid groups (broad SMARTS) is 1. The fourth-order valence-corrected chi connectivity index (χ4v) is 4.32. The molecule has 0 radical (unpaired) electrons. The summed E-state index contributed by atoms with van der Waals surface area (Å²) in [6.45, 7) is 6.95. The van der Waals surface area contributed by atoms with Crippen LogP contribution >= 0.6 is 11.8 Å². The van der Waals surface area contributed by atoms with Gasteiger partial charge in [-0.2, -0.15) is 0 Å². The smallest absolute Gasteiger partial charge is 0.327 e. The standard InChI is InChI=1S/C13H22N2O3S/c1-7(2)12-15(9(6-19-12)13(17)18)11(16)10-8(3)4-5-14-10/h7-10,12,14H,4-6H2,1-3H3,(H,17,18). The average Bonchev–Trinajstić information content (AvgIpc) is 2.93. The van der Waals surface area contributed by atoms with E-state index in [-0.39, 0.29) is 29.2 Å². The van der Waals surface area contributed by atoms with Crippen LogP contribution in [0.15, 0.2) is 0 Å². The van der Waals surface area contributed by atoms with Gasteiger partial charge in [0.1, 0.15) is 6.04 Å². The molecule has 2 N–H and O–H groups in total. The van der Waals surface area contributed by atoms with Crippen molar-refractivity contribution in [1.29, 1.82) is 0 Å². The maximum absolute atomic E-state index is 12.7. The van der Waals surface area contributed by atoms with Crippen molar-refractivity contribution >= 4 is 23.6 Å². The topological polar surface area (TPSA) is 69.6 Å². The molecule has 108 valence electrons. The highest BCUT2D eigenvalue weighted by Crippen LogP contribution is 2.35. The van der Waals surface area contributed by atoms with Gasteiger partial charge in [0.2, 0.25) is 5.91 Å². The molecule has 2 aliphatic rings. The molecule has 2 rings (SSSR count). The Morgan fingerprint density at radius 1 is 1.42 bits per heavy atom. The van der Waals surface area contributed by atoms with Gasteiger partial charge in [-0.25, -0.2) is 4.79 Å². The van der Waals surface area contributed by atoms with Gasteiger partial charge in [0, 0.05) is 5.75 Å². The molecule has 0 aliphatic carbocycles. The number of hydrogen-bond acceptors (Lipinski definition) is 4. The van der Waals surface area contributed by atoms with Crippen LogP contribution in [0.1, 0.15) is 27.2 Å². The summed E-state index contributed by atoms with van der Waals surface area (Å²) in [6, 6.07) is -0.902. The van der Waals surface area contributed by atoms with E-state index in [4.69, 9.17) is 0 Å². The van der Waals surface area contributed by atoms with Gasteiger partial charge < -0.3 is 15.3 Å². The highest BCUT2D eigenvalue weighted by molar-refractivity contribution is 8.00. The first-order valence-corrected chi connectivity index (χ1v) is 7.88. The van der Waals surface area contributed by atoms with Gasteiger partial charge in [-0.15, -0.1) is 11.8 Å². The molecule has 1 amide bonds. The second-order valence-electron chi connectivity index (χ2n) is 5.77. The summed E-state index contributed by atoms with van der Waals surface area (Å²) >= 11 is 1.58. The van der Waals surface area contributed by atoms with E-state index < -0.39 is 12.0 Å². The number of hydrogen-bond donors (Lipinski definition) is 2. The van der Waals surface area contributed by atoms with Crippen LogP contribution in [0, 0.1) is 11.8 Å². The molecule has 0 spiro atoms. The van der Waals surface area contributed by atoms with Crippen LogP contribution in [0.3, 0.4) is 0 Å². The molecule has 0 aromatic heterocycles. The van der Waals surface area contributed by atoms with Crippen LogP contribution in [-0.2, 0) is 9.59 Å². The predicted molar refractivity (Wildman–Crippen MR) is 74.9 cm³/mol. The molecule has 2 aliphatic heterocycles. The Morgan fingerprint density at radius 2 is 2.11 bits per heavy atom. The number of nitrogens with zero attached hydrogens (tertiary/aromatic N) is 1. The normalized spacial score (nSPS) is 35.1. The number of rotatable bonds is 3. The van der Waals surface area contributed by atoms with Crippen molar-refractivity contribution in [3.63, 3.8) is 0 Å². The monoisotopic (exact) mass is 286 g/mol. The summed E-state index contributed by atoms with van der Waals surface area (Å²) in [7, 11) is 0. The highest BCUT2D eigenvalue weighted by atomic mass is 32.2. The molecule has 0 aromatic carbocycles. The van der Waals surface area contributed by atoms with Gasteiger partial charge in [-0.3, -0.25) is 4.79 Å². The number of amides is 1. The maximum atomic E-state index is 12.7. The quantitative estimate of drug-likeness (QED) is 0.810. The molecule has 6 heteroatoms. The number of thioether (sulfide) groups is 1. The zero-order valence-electron chi connectivity index (χ0n) is 11.6. The molecule has 2 heterocycles. The maximum Gasteiger partial charge on any atom is 0.327 e. The van der Waals surface area contributed by atoms with Crippen LogP contribution in [0.4, 0.5) is 0 Å². The van der Waals surface area contributed by atoms with Crippen molar-refractivity contribution < 1.29 is 14.7 Å². The molecule has 19 heavy (non-hydrogen) atoms. The molecule has 0 bridgehead atoms. The molecule has 5 nitrogen and oxygen atoms in total. The van der Waals surface area contributed by atoms with Crippen LogP contribution in [0.25, 0.3) is 0 Å². The Morgan fingerprint density at radius 3 is 2.58 bits per heavy atom. The molecule has 4 unspecified atom stereocenters. The van der Waals surface area contributed by atoms with Gasteiger partial charge in [-0.1, -0.05) is 20.8 Å². The Kier molecular flexibility index (Phi) is 4.40. The van der Waals surface area contributed by atoms with Crippen molar-refractivity contribution in [3.8, 4) is 0 Å². The van der Waals surface area contributed by atoms with E-state index in [1.54, 1.807) is 16.7 Å². The molecule has 0 saturated carbocycles. The minimum atomic E-state index is -0.894. The predicted octanol–water partition coefficient (Wildman–Crippen LogP) is 0.995. The van der Waals surface area contributed by atoms with Gasteiger partial charge in [-0.05, 0) is 24.8 Å². The van der Waals surface area contributed by atoms with Crippen molar-refractivity contribution in [3.05, 3.63) is 0 Å². The van der Waals surface area contributed by atoms with E-state index in [0.29, 0.717) is 5.75 Å². The molecular weight excluding hydrogens is 264 g/mol. The lowest BCUT2D eigenvalue weighted by atomic mass is 10.0. The van der Waals surface area contributed by atoms with E-state index in [0.717, 1.165) is 13.0 Å². The molecular formula is C13H22N2O3S. The number of carboxylic acids is 1. The number of nitrogens with one attached hydrogen (secondary N) is 1. The first-order chi connectivity index (χ1) is 8.93. The summed E-state index contributed by atoms with van der Waals surface area (Å²) in [5.74, 6) is 0.0940. The Balaban J connectivity index is 2.20. The van der Waals surface area contributed by atoms with Gasteiger partial charge in [0.15, 0.2) is 0 Å². The van der Waals surface area contributed by atoms with E-state index >= 15 is 0 Å². The summed E-state index contributed by atoms with van der Waals surface area (Å²) < 4.78 is 0. The summed E-state index contributed by atoms with van der Waals surface area (Å²) in [5.41, 5.74) is 0. The van der Waals surface area contributed by atoms with E-state index in [9.17, 15) is 14.7 Å². The summed E-state index contributed by atoms with van der Waals surface area (Å²) in [5, 5.41) is 12.5. The van der Waals surface area contributed by atoms with Crippen LogP contribution in [0.2, 0.25) is 0 Å². The highest BCUT2D eigenvalue weighted by Gasteiger charge is 2.46. The number of carbonyl (C=O) groups excluding carboxylic acids is 1. The fraction of sp³-hybridized carbons (Fsp3) is 0.846. The summed E-state index contributed by atoms with van der Waals surface area (Å²) in [6.07, 6.45) is 0.974. The van der Waals surface area contributed by atoms with Gasteiger partial charge >= 0.3 is 5.97 Å². The SMILES string of the molecule is CC(C)C1SCC(C(=O)O)N1C(=O)C1NCCC1C. The molecule has 0 aromatic rings. The number of aliphatic carboxylic acids is 1. The van der Waals surface area contributed by atoms with Crippen LogP contribution in [-0.4, -0.2) is 51.6 Å². The lowest BCUT2D eigenvalue weighted by Crippen LogP contribution is -2.54. The van der Waals surface area contributed by atoms with Gasteiger partial charge in [0.25, 0.3) is 0 Å². The van der Waals surface area contributed by atoms with Crippen molar-refractivity contribution in [2.45, 2.75) is 44.6 Å². The first kappa shape index (κ1) is 14.7. The van der Waals surface area contributed by atoms with E-state index in [2.05, 4.69) is 5.32 Å². The Hall–Kier alpha value is -0.750. The minimum absolute atomic E-state index is 0.0248. The van der Waals surface area contributed by atoms with Crippen molar-refractivity contribution in [1.82, 2.24) is 10.2 Å². The van der Waals surface area contributed by atoms with Gasteiger partial charge in [0.05, 0.1) is 11.4 Å². The Labute approximate surface area is 118 Å². The lowest BCUT2D eigenvalue weighted by Gasteiger charge is -2.32. The second kappa shape index (κ2) is 5.71. The second-order valence-corrected chi connectivity index (χ2v) is 6.91. The van der Waals surface area contributed by atoms with Crippen LogP contribution < -0.4 is 5.32 Å². The number of carbonyl (C=O) groups is 2. The average molecular weight is 286 g/mol. The van der Waals surface area contributed by atoms with Crippen molar-refractivity contribution in [2.24, 2.45) is 11.8 Å². The zero-order valence-corrected chi connectivity index (χ0v) is 12.4. The summed E-state index contributed by atoms with van der Waals surface area (Å²) in [4.78, 5) is 25.6. The zero-order chi connectivity index (χ0) is 14.2. The Bertz CT molecular complexity index is 375. The fourth-order valence-electron chi connectivity index (χ4n) is 2.84. The van der Waals surface area contributed by atoms with E-state index in [1.165, 1.54) is 0 Å². The minimum Gasteiger partial charge on any atom is -0.480 e. The largest absolute Gasteiger partial charge is 0.480 e. The first-order valence-electron chi connectivity index (χ1n) is 6.83. The van der Waals surface area contributed by atoms with Crippen molar-refractivity contribution in [2.75, 3.05) is 12.3 Å². The molecule has 4 atom stereocenters. The van der Waals surface area contributed by atoms with Crippen LogP contribution in [0.5, 0.6) is 0 Å².